The summed E-state index contributed by atoms with van der Waals surface area (Å²) in [4.78, 5) is 16.5. The molecule has 1 heterocycles. The summed E-state index contributed by atoms with van der Waals surface area (Å²) in [7, 11) is 0. The highest BCUT2D eigenvalue weighted by molar-refractivity contribution is 5.83. The molecule has 0 aliphatic carbocycles. The lowest BCUT2D eigenvalue weighted by atomic mass is 10.1. The summed E-state index contributed by atoms with van der Waals surface area (Å²) in [5.74, 6) is -0.404. The van der Waals surface area contributed by atoms with E-state index < -0.39 is 6.04 Å². The van der Waals surface area contributed by atoms with Crippen molar-refractivity contribution in [3.63, 3.8) is 0 Å². The molecule has 5 heteroatoms. The van der Waals surface area contributed by atoms with Crippen LogP contribution in [-0.4, -0.2) is 47.9 Å². The third-order valence-electron chi connectivity index (χ3n) is 3.85. The van der Waals surface area contributed by atoms with E-state index in [2.05, 4.69) is 18.7 Å². The molecule has 2 N–H and O–H groups in total. The molecule has 0 saturated carbocycles. The van der Waals surface area contributed by atoms with Crippen molar-refractivity contribution >= 4 is 5.91 Å². The summed E-state index contributed by atoms with van der Waals surface area (Å²) in [5, 5.41) is 0. The fraction of sp³-hybridized carbons (Fsp3) is 0.533. The molecular weight excluding hydrogens is 257 g/mol. The lowest BCUT2D eigenvalue weighted by Crippen LogP contribution is -2.52. The Morgan fingerprint density at radius 2 is 1.70 bits per heavy atom. The molecule has 110 valence electrons. The number of amides is 1. The van der Waals surface area contributed by atoms with Gasteiger partial charge in [0.1, 0.15) is 11.9 Å². The van der Waals surface area contributed by atoms with E-state index in [4.69, 9.17) is 5.73 Å². The van der Waals surface area contributed by atoms with Gasteiger partial charge in [0.15, 0.2) is 0 Å². The molecule has 1 saturated heterocycles. The standard InChI is InChI=1S/C15H22FN3O/c1-11(2)18-7-9-19(10-8-18)15(20)14(17)12-3-5-13(16)6-4-12/h3-6,11,14H,7-10,17H2,1-2H3. The Balaban J connectivity index is 1.96. The van der Waals surface area contributed by atoms with E-state index in [1.54, 1.807) is 17.0 Å². The third kappa shape index (κ3) is 3.35. The van der Waals surface area contributed by atoms with Crippen LogP contribution in [0, 0.1) is 5.82 Å². The topological polar surface area (TPSA) is 49.6 Å². The van der Waals surface area contributed by atoms with Crippen molar-refractivity contribution in [3.05, 3.63) is 35.6 Å². The first-order chi connectivity index (χ1) is 9.49. The zero-order chi connectivity index (χ0) is 14.7. The van der Waals surface area contributed by atoms with Crippen LogP contribution in [0.3, 0.4) is 0 Å². The first-order valence-corrected chi connectivity index (χ1v) is 7.03. The smallest absolute Gasteiger partial charge is 0.244 e. The number of hydrogen-bond acceptors (Lipinski definition) is 3. The first kappa shape index (κ1) is 14.9. The van der Waals surface area contributed by atoms with Crippen LogP contribution in [0.1, 0.15) is 25.5 Å². The van der Waals surface area contributed by atoms with E-state index in [0.717, 1.165) is 13.1 Å². The summed E-state index contributed by atoms with van der Waals surface area (Å²) in [5.41, 5.74) is 6.64. The minimum Gasteiger partial charge on any atom is -0.338 e. The van der Waals surface area contributed by atoms with Gasteiger partial charge in [0.25, 0.3) is 0 Å². The van der Waals surface area contributed by atoms with Crippen molar-refractivity contribution < 1.29 is 9.18 Å². The molecule has 1 unspecified atom stereocenters. The van der Waals surface area contributed by atoms with Crippen LogP contribution in [0.4, 0.5) is 4.39 Å². The molecule has 1 atom stereocenters. The minimum atomic E-state index is -0.707. The van der Waals surface area contributed by atoms with Crippen molar-refractivity contribution in [2.75, 3.05) is 26.2 Å². The summed E-state index contributed by atoms with van der Waals surface area (Å²) >= 11 is 0. The monoisotopic (exact) mass is 279 g/mol. The predicted molar refractivity (Wildman–Crippen MR) is 76.6 cm³/mol. The third-order valence-corrected chi connectivity index (χ3v) is 3.85. The van der Waals surface area contributed by atoms with E-state index in [1.807, 2.05) is 0 Å². The van der Waals surface area contributed by atoms with Gasteiger partial charge in [0.05, 0.1) is 0 Å². The van der Waals surface area contributed by atoms with Gasteiger partial charge in [-0.2, -0.15) is 0 Å². The van der Waals surface area contributed by atoms with E-state index in [1.165, 1.54) is 12.1 Å². The SMILES string of the molecule is CC(C)N1CCN(C(=O)C(N)c2ccc(F)cc2)CC1. The van der Waals surface area contributed by atoms with E-state index >= 15 is 0 Å². The highest BCUT2D eigenvalue weighted by atomic mass is 19.1. The van der Waals surface area contributed by atoms with Gasteiger partial charge in [-0.05, 0) is 31.5 Å². The van der Waals surface area contributed by atoms with Gasteiger partial charge in [0.2, 0.25) is 5.91 Å². The van der Waals surface area contributed by atoms with Gasteiger partial charge < -0.3 is 10.6 Å². The van der Waals surface area contributed by atoms with E-state index in [9.17, 15) is 9.18 Å². The van der Waals surface area contributed by atoms with Crippen LogP contribution >= 0.6 is 0 Å². The van der Waals surface area contributed by atoms with Gasteiger partial charge in [-0.1, -0.05) is 12.1 Å². The molecule has 1 fully saturated rings. The second-order valence-corrected chi connectivity index (χ2v) is 5.48. The normalized spacial score (nSPS) is 18.4. The number of hydrogen-bond donors (Lipinski definition) is 1. The minimum absolute atomic E-state index is 0.0833. The number of carbonyl (C=O) groups is 1. The molecule has 1 amide bonds. The fourth-order valence-corrected chi connectivity index (χ4v) is 2.47. The Labute approximate surface area is 119 Å². The number of nitrogens with zero attached hydrogens (tertiary/aromatic N) is 2. The zero-order valence-electron chi connectivity index (χ0n) is 12.1. The maximum absolute atomic E-state index is 12.9. The van der Waals surface area contributed by atoms with Crippen LogP contribution in [0.5, 0.6) is 0 Å². The summed E-state index contributed by atoms with van der Waals surface area (Å²) in [6, 6.07) is 5.60. The second kappa shape index (κ2) is 6.33. The average molecular weight is 279 g/mol. The Kier molecular flexibility index (Phi) is 4.73. The van der Waals surface area contributed by atoms with Crippen LogP contribution in [-0.2, 0) is 4.79 Å². The number of nitrogens with two attached hydrogens (primary N) is 1. The van der Waals surface area contributed by atoms with Crippen LogP contribution in [0.15, 0.2) is 24.3 Å². The molecule has 20 heavy (non-hydrogen) atoms. The van der Waals surface area contributed by atoms with Crippen LogP contribution in [0.25, 0.3) is 0 Å². The highest BCUT2D eigenvalue weighted by Crippen LogP contribution is 2.16. The molecule has 1 aliphatic heterocycles. The van der Waals surface area contributed by atoms with E-state index in [0.29, 0.717) is 24.7 Å². The number of rotatable bonds is 3. The molecule has 0 radical (unpaired) electrons. The van der Waals surface area contributed by atoms with Crippen molar-refractivity contribution in [2.45, 2.75) is 25.9 Å². The van der Waals surface area contributed by atoms with Gasteiger partial charge in [-0.3, -0.25) is 9.69 Å². The van der Waals surface area contributed by atoms with E-state index in [-0.39, 0.29) is 11.7 Å². The summed E-state index contributed by atoms with van der Waals surface area (Å²) < 4.78 is 12.9. The van der Waals surface area contributed by atoms with Gasteiger partial charge in [-0.15, -0.1) is 0 Å². The maximum Gasteiger partial charge on any atom is 0.244 e. The van der Waals surface area contributed by atoms with Crippen molar-refractivity contribution in [1.82, 2.24) is 9.80 Å². The highest BCUT2D eigenvalue weighted by Gasteiger charge is 2.26. The van der Waals surface area contributed by atoms with Crippen LogP contribution in [0.2, 0.25) is 0 Å². The number of carbonyl (C=O) groups excluding carboxylic acids is 1. The lowest BCUT2D eigenvalue weighted by Gasteiger charge is -2.37. The molecule has 4 nitrogen and oxygen atoms in total. The Bertz CT molecular complexity index is 453. The second-order valence-electron chi connectivity index (χ2n) is 5.48. The molecule has 0 bridgehead atoms. The fourth-order valence-electron chi connectivity index (χ4n) is 2.47. The van der Waals surface area contributed by atoms with Crippen molar-refractivity contribution in [2.24, 2.45) is 5.73 Å². The molecule has 0 spiro atoms. The lowest BCUT2D eigenvalue weighted by molar-refractivity contribution is -0.134. The molecule has 1 aromatic carbocycles. The molecule has 1 aromatic rings. The Morgan fingerprint density at radius 3 is 2.20 bits per heavy atom. The Hall–Kier alpha value is -1.46. The predicted octanol–water partition coefficient (Wildman–Crippen LogP) is 1.38. The van der Waals surface area contributed by atoms with Gasteiger partial charge >= 0.3 is 0 Å². The largest absolute Gasteiger partial charge is 0.338 e. The summed E-state index contributed by atoms with van der Waals surface area (Å²) in [6.07, 6.45) is 0. The molecule has 0 aromatic heterocycles. The quantitative estimate of drug-likeness (QED) is 0.909. The summed E-state index contributed by atoms with van der Waals surface area (Å²) in [6.45, 7) is 7.46. The maximum atomic E-state index is 12.9. The van der Waals surface area contributed by atoms with Crippen molar-refractivity contribution in [1.29, 1.82) is 0 Å². The Morgan fingerprint density at radius 1 is 1.15 bits per heavy atom. The number of halogens is 1. The molecule has 2 rings (SSSR count). The van der Waals surface area contributed by atoms with Gasteiger partial charge in [0, 0.05) is 32.2 Å². The van der Waals surface area contributed by atoms with Gasteiger partial charge in [-0.25, -0.2) is 4.39 Å². The number of piperazine rings is 1. The van der Waals surface area contributed by atoms with Crippen molar-refractivity contribution in [3.8, 4) is 0 Å². The van der Waals surface area contributed by atoms with Crippen LogP contribution < -0.4 is 5.73 Å². The zero-order valence-corrected chi connectivity index (χ0v) is 12.1. The molecule has 1 aliphatic rings. The number of benzene rings is 1. The first-order valence-electron chi connectivity index (χ1n) is 7.03. The average Bonchev–Trinajstić information content (AvgIpc) is 2.46. The molecular formula is C15H22FN3O.